The Balaban J connectivity index is 1.09. The molecule has 4 unspecified atom stereocenters. The van der Waals surface area contributed by atoms with E-state index in [2.05, 4.69) is 27.7 Å². The second-order valence-corrected chi connectivity index (χ2v) is 14.7. The first kappa shape index (κ1) is 26.3. The van der Waals surface area contributed by atoms with Crippen molar-refractivity contribution in [2.75, 3.05) is 0 Å². The minimum Gasteiger partial charge on any atom is -0.323 e. The van der Waals surface area contributed by atoms with E-state index in [0.29, 0.717) is 23.7 Å². The largest absolute Gasteiger partial charge is 0.323 e. The molecule has 8 saturated heterocycles. The fourth-order valence-corrected chi connectivity index (χ4v) is 10.2. The van der Waals surface area contributed by atoms with Gasteiger partial charge in [0.05, 0.1) is 0 Å². The average Bonchev–Trinajstić information content (AvgIpc) is 3.27. The summed E-state index contributed by atoms with van der Waals surface area (Å²) in [5.41, 5.74) is -1.21. The lowest BCUT2D eigenvalue weighted by Gasteiger charge is -2.62. The summed E-state index contributed by atoms with van der Waals surface area (Å²) < 4.78 is 33.4. The molecule has 10 aliphatic rings. The summed E-state index contributed by atoms with van der Waals surface area (Å²) in [6, 6.07) is 0. The Morgan fingerprint density at radius 2 is 0.974 bits per heavy atom. The summed E-state index contributed by atoms with van der Waals surface area (Å²) in [6.45, 7) is 13.0. The van der Waals surface area contributed by atoms with E-state index in [1.807, 2.05) is 13.8 Å². The molecule has 8 aliphatic heterocycles. The van der Waals surface area contributed by atoms with E-state index >= 15 is 0 Å². The van der Waals surface area contributed by atoms with Crippen molar-refractivity contribution in [3.8, 4) is 0 Å². The van der Waals surface area contributed by atoms with Gasteiger partial charge >= 0.3 is 0 Å². The molecule has 0 radical (unpaired) electrons. The van der Waals surface area contributed by atoms with Crippen LogP contribution in [0, 0.1) is 47.3 Å². The number of ether oxygens (including phenoxy) is 5. The summed E-state index contributed by atoms with van der Waals surface area (Å²) in [4.78, 5) is 24.6. The first-order valence-corrected chi connectivity index (χ1v) is 15.6. The number of hydrogen-bond acceptors (Lipinski definition) is 9. The standard InChI is InChI=1S/C30H46O9/c1-15-7-9-21-17(3)23(32-25-29(21)19(15)11-13-27(5,34-25)36-38-29)31-24-18(4)22-10-8-16(2)20-12-14-28(6)35-26(33-24)30(20,22)39-37-28/h15-26H,7-14H2,1-6H3/t15-,16-,17-,18-,19?,20?,21?,22?,23+,24+,25-,26-,27-,28-,29-,30-/m1/s1. The molecular formula is C30H46O9. The lowest BCUT2D eigenvalue weighted by Crippen LogP contribution is -2.72. The molecule has 0 aromatic carbocycles. The van der Waals surface area contributed by atoms with Gasteiger partial charge < -0.3 is 23.7 Å². The van der Waals surface area contributed by atoms with Crippen molar-refractivity contribution in [2.24, 2.45) is 47.3 Å². The molecule has 0 N–H and O–H groups in total. The summed E-state index contributed by atoms with van der Waals surface area (Å²) in [7, 11) is 0. The summed E-state index contributed by atoms with van der Waals surface area (Å²) in [5, 5.41) is 0. The molecule has 0 amide bonds. The first-order chi connectivity index (χ1) is 18.6. The van der Waals surface area contributed by atoms with Crippen molar-refractivity contribution >= 4 is 0 Å². The third-order valence-corrected chi connectivity index (χ3v) is 12.5. The van der Waals surface area contributed by atoms with Crippen molar-refractivity contribution < 1.29 is 43.2 Å². The van der Waals surface area contributed by atoms with Crippen LogP contribution in [0.5, 0.6) is 0 Å². The van der Waals surface area contributed by atoms with E-state index < -0.39 is 47.9 Å². The highest BCUT2D eigenvalue weighted by atomic mass is 17.3. The van der Waals surface area contributed by atoms with Crippen molar-refractivity contribution in [2.45, 2.75) is 141 Å². The lowest BCUT2D eigenvalue weighted by molar-refractivity contribution is -0.590. The third-order valence-electron chi connectivity index (χ3n) is 12.5. The van der Waals surface area contributed by atoms with E-state index in [-0.39, 0.29) is 23.7 Å². The van der Waals surface area contributed by atoms with E-state index in [1.165, 1.54) is 0 Å². The van der Waals surface area contributed by atoms with Crippen LogP contribution in [-0.2, 0) is 43.2 Å². The zero-order valence-electron chi connectivity index (χ0n) is 24.3. The Morgan fingerprint density at radius 3 is 1.41 bits per heavy atom. The molecule has 4 bridgehead atoms. The Labute approximate surface area is 231 Å². The van der Waals surface area contributed by atoms with Crippen molar-refractivity contribution in [3.05, 3.63) is 0 Å². The molecule has 2 saturated carbocycles. The van der Waals surface area contributed by atoms with Crippen LogP contribution in [0.25, 0.3) is 0 Å². The highest BCUT2D eigenvalue weighted by Gasteiger charge is 2.72. The minimum atomic E-state index is -0.808. The van der Waals surface area contributed by atoms with Gasteiger partial charge in [-0.3, -0.25) is 0 Å². The van der Waals surface area contributed by atoms with Gasteiger partial charge in [0.15, 0.2) is 36.4 Å². The van der Waals surface area contributed by atoms with Crippen LogP contribution in [0.2, 0.25) is 0 Å². The summed E-state index contributed by atoms with van der Waals surface area (Å²) >= 11 is 0. The van der Waals surface area contributed by atoms with E-state index in [4.69, 9.17) is 43.2 Å². The maximum Gasteiger partial charge on any atom is 0.201 e. The van der Waals surface area contributed by atoms with Gasteiger partial charge in [-0.2, -0.15) is 0 Å². The molecule has 0 aromatic rings. The molecular weight excluding hydrogens is 504 g/mol. The summed E-state index contributed by atoms with van der Waals surface area (Å²) in [5.74, 6) is 0.661. The van der Waals surface area contributed by atoms with Crippen LogP contribution >= 0.6 is 0 Å². The predicted molar refractivity (Wildman–Crippen MR) is 135 cm³/mol. The van der Waals surface area contributed by atoms with Gasteiger partial charge in [0.2, 0.25) is 11.6 Å². The normalized spacial score (nSPS) is 63.5. The Morgan fingerprint density at radius 1 is 0.538 bits per heavy atom. The van der Waals surface area contributed by atoms with Crippen LogP contribution in [0.1, 0.15) is 92.9 Å². The highest BCUT2D eigenvalue weighted by molar-refractivity contribution is 5.11. The van der Waals surface area contributed by atoms with Gasteiger partial charge in [0.1, 0.15) is 0 Å². The molecule has 2 aliphatic carbocycles. The molecule has 9 nitrogen and oxygen atoms in total. The number of rotatable bonds is 2. The van der Waals surface area contributed by atoms with Crippen LogP contribution in [0.15, 0.2) is 0 Å². The smallest absolute Gasteiger partial charge is 0.201 e. The van der Waals surface area contributed by atoms with Gasteiger partial charge in [0.25, 0.3) is 0 Å². The molecule has 39 heavy (non-hydrogen) atoms. The van der Waals surface area contributed by atoms with Gasteiger partial charge in [-0.1, -0.05) is 27.7 Å². The third kappa shape index (κ3) is 3.45. The number of fused-ring (bicyclic) bond motifs is 4. The summed E-state index contributed by atoms with van der Waals surface area (Å²) in [6.07, 6.45) is 5.95. The van der Waals surface area contributed by atoms with Gasteiger partial charge in [-0.05, 0) is 76.0 Å². The average molecular weight is 551 g/mol. The fraction of sp³-hybridized carbons (Fsp3) is 1.00. The molecule has 10 rings (SSSR count). The van der Waals surface area contributed by atoms with Crippen LogP contribution in [-0.4, -0.2) is 47.9 Å². The molecule has 0 aromatic heterocycles. The molecule has 9 heteroatoms. The topological polar surface area (TPSA) is 83.1 Å². The zero-order chi connectivity index (χ0) is 26.9. The number of hydrogen-bond donors (Lipinski definition) is 0. The lowest BCUT2D eigenvalue weighted by atomic mass is 9.58. The van der Waals surface area contributed by atoms with Gasteiger partial charge in [0, 0.05) is 36.5 Å². The van der Waals surface area contributed by atoms with Crippen molar-refractivity contribution in [1.29, 1.82) is 0 Å². The quantitative estimate of drug-likeness (QED) is 0.419. The predicted octanol–water partition coefficient (Wildman–Crippen LogP) is 5.42. The van der Waals surface area contributed by atoms with Crippen LogP contribution in [0.3, 0.4) is 0 Å². The van der Waals surface area contributed by atoms with Crippen LogP contribution in [0.4, 0.5) is 0 Å². The Hall–Kier alpha value is -0.360. The zero-order valence-corrected chi connectivity index (χ0v) is 24.3. The second kappa shape index (κ2) is 8.60. The Bertz CT molecular complexity index is 919. The molecule has 10 fully saturated rings. The van der Waals surface area contributed by atoms with Gasteiger partial charge in [-0.25, -0.2) is 19.6 Å². The molecule has 2 spiro atoms. The molecule has 16 atom stereocenters. The monoisotopic (exact) mass is 550 g/mol. The highest BCUT2D eigenvalue weighted by Crippen LogP contribution is 2.63. The van der Waals surface area contributed by atoms with Crippen molar-refractivity contribution in [1.82, 2.24) is 0 Å². The first-order valence-electron chi connectivity index (χ1n) is 15.6. The second-order valence-electron chi connectivity index (χ2n) is 14.7. The Kier molecular flexibility index (Phi) is 5.80. The van der Waals surface area contributed by atoms with Crippen molar-refractivity contribution in [3.63, 3.8) is 0 Å². The van der Waals surface area contributed by atoms with E-state index in [1.54, 1.807) is 0 Å². The van der Waals surface area contributed by atoms with E-state index in [9.17, 15) is 0 Å². The fourth-order valence-electron chi connectivity index (χ4n) is 10.2. The SMILES string of the molecule is C[C@@H]1CCC2[C@@H](C)[C@@H](O[C@H]3O[C@@H]4O[C@@]5(C)CCC6[C@H](C)CCC([C@H]3C)[C@]64OO5)O[C@@H]3O[C@@]4(C)CCC1[C@@]23OO4. The molecule has 8 heterocycles. The maximum atomic E-state index is 6.85. The maximum absolute atomic E-state index is 6.85. The van der Waals surface area contributed by atoms with Gasteiger partial charge in [-0.15, -0.1) is 0 Å². The van der Waals surface area contributed by atoms with E-state index in [0.717, 1.165) is 51.4 Å². The van der Waals surface area contributed by atoms with Crippen LogP contribution < -0.4 is 0 Å². The minimum absolute atomic E-state index is 0.0836. The molecule has 220 valence electrons.